The third-order valence-electron chi connectivity index (χ3n) is 4.18. The van der Waals surface area contributed by atoms with Crippen LogP contribution in [-0.4, -0.2) is 16.0 Å². The molecule has 1 heterocycles. The first-order chi connectivity index (χ1) is 11.6. The van der Waals surface area contributed by atoms with Gasteiger partial charge in [0.25, 0.3) is 5.91 Å². The number of amides is 1. The number of hydroxylamine groups is 1. The second-order valence-electron chi connectivity index (χ2n) is 5.85. The van der Waals surface area contributed by atoms with E-state index in [4.69, 9.17) is 4.94 Å². The molecule has 0 bridgehead atoms. The monoisotopic (exact) mass is 329 g/mol. The molecule has 0 spiro atoms. The Balaban J connectivity index is 2.23. The van der Waals surface area contributed by atoms with Crippen LogP contribution in [0.4, 0.5) is 5.69 Å². The van der Waals surface area contributed by atoms with Gasteiger partial charge in [-0.1, -0.05) is 25.1 Å². The van der Waals surface area contributed by atoms with Gasteiger partial charge in [0.2, 0.25) is 0 Å². The van der Waals surface area contributed by atoms with E-state index in [-0.39, 0.29) is 6.42 Å². The lowest BCUT2D eigenvalue weighted by Gasteiger charge is -2.26. The van der Waals surface area contributed by atoms with E-state index < -0.39 is 11.0 Å². The van der Waals surface area contributed by atoms with Gasteiger partial charge in [0.15, 0.2) is 0 Å². The van der Waals surface area contributed by atoms with E-state index in [1.54, 1.807) is 0 Å². The first kappa shape index (κ1) is 16.2. The number of benzene rings is 1. The van der Waals surface area contributed by atoms with Gasteiger partial charge in [-0.2, -0.15) is 4.94 Å². The van der Waals surface area contributed by atoms with Crippen LogP contribution in [0.25, 0.3) is 10.9 Å². The maximum Gasteiger partial charge on any atom is 0.317 e. The molecule has 0 unspecified atom stereocenters. The van der Waals surface area contributed by atoms with Gasteiger partial charge in [-0.25, -0.2) is 0 Å². The summed E-state index contributed by atoms with van der Waals surface area (Å²) in [6, 6.07) is 7.36. The Morgan fingerprint density at radius 3 is 2.83 bits per heavy atom. The molecule has 24 heavy (non-hydrogen) atoms. The number of anilines is 1. The van der Waals surface area contributed by atoms with Crippen LogP contribution in [-0.2, 0) is 22.6 Å². The van der Waals surface area contributed by atoms with Gasteiger partial charge in [0.05, 0.1) is 11.2 Å². The highest BCUT2D eigenvalue weighted by atomic mass is 17.0. The van der Waals surface area contributed by atoms with E-state index in [2.05, 4.69) is 4.98 Å². The van der Waals surface area contributed by atoms with Crippen molar-refractivity contribution in [2.75, 3.05) is 5.06 Å². The third kappa shape index (κ3) is 3.02. The maximum absolute atomic E-state index is 12.5. The summed E-state index contributed by atoms with van der Waals surface area (Å²) < 4.78 is 0. The molecule has 1 aromatic heterocycles. The number of hydrogen-bond donors (Lipinski definition) is 0. The minimum Gasteiger partial charge on any atom is -0.272 e. The van der Waals surface area contributed by atoms with Crippen LogP contribution in [0.5, 0.6) is 0 Å². The summed E-state index contributed by atoms with van der Waals surface area (Å²) in [4.78, 5) is 32.8. The Labute approximate surface area is 139 Å². The van der Waals surface area contributed by atoms with Crippen LogP contribution in [0.3, 0.4) is 0 Å². The minimum absolute atomic E-state index is 0.180. The highest BCUT2D eigenvalue weighted by Crippen LogP contribution is 2.36. The normalized spacial score (nSPS) is 13.4. The molecule has 0 saturated carbocycles. The van der Waals surface area contributed by atoms with Crippen molar-refractivity contribution < 1.29 is 14.8 Å². The zero-order chi connectivity index (χ0) is 17.1. The summed E-state index contributed by atoms with van der Waals surface area (Å²) in [5, 5.41) is 11.6. The maximum atomic E-state index is 12.5. The van der Waals surface area contributed by atoms with Crippen molar-refractivity contribution in [3.05, 3.63) is 45.6 Å². The summed E-state index contributed by atoms with van der Waals surface area (Å²) in [6.45, 7) is 1.85. The molecule has 1 aliphatic carbocycles. The Hall–Kier alpha value is -2.70. The molecule has 1 aromatic carbocycles. The van der Waals surface area contributed by atoms with Crippen LogP contribution < -0.4 is 5.06 Å². The Kier molecular flexibility index (Phi) is 4.59. The highest BCUT2D eigenvalue weighted by Gasteiger charge is 2.28. The van der Waals surface area contributed by atoms with E-state index in [0.717, 1.165) is 47.5 Å². The number of aryl methyl sites for hydroxylation is 1. The summed E-state index contributed by atoms with van der Waals surface area (Å²) in [5.74, 6) is -0.418. The van der Waals surface area contributed by atoms with Crippen LogP contribution >= 0.6 is 0 Å². The molecule has 0 radical (unpaired) electrons. The number of para-hydroxylation sites is 1. The van der Waals surface area contributed by atoms with Gasteiger partial charge >= 0.3 is 5.09 Å². The number of pyridine rings is 1. The average molecular weight is 329 g/mol. The van der Waals surface area contributed by atoms with Crippen molar-refractivity contribution in [3.8, 4) is 0 Å². The van der Waals surface area contributed by atoms with Crippen LogP contribution in [0.2, 0.25) is 0 Å². The molecular weight excluding hydrogens is 310 g/mol. The average Bonchev–Trinajstić information content (AvgIpc) is 2.58. The Morgan fingerprint density at radius 2 is 2.08 bits per heavy atom. The quantitative estimate of drug-likeness (QED) is 0.620. The standard InChI is InChI=1S/C17H19N3O4/c1-2-7-16(21)19(24-20(22)23)17-12-8-3-5-10-14(12)18-15-11-6-4-9-13(15)17/h3,5,8,10H,2,4,6-7,9,11H2,1H3. The molecule has 2 aromatic rings. The topological polar surface area (TPSA) is 85.6 Å². The van der Waals surface area contributed by atoms with E-state index in [1.807, 2.05) is 31.2 Å². The predicted molar refractivity (Wildman–Crippen MR) is 88.9 cm³/mol. The van der Waals surface area contributed by atoms with Crippen LogP contribution in [0, 0.1) is 10.1 Å². The molecule has 0 fully saturated rings. The Bertz CT molecular complexity index is 791. The number of carbonyl (C=O) groups is 1. The second-order valence-corrected chi connectivity index (χ2v) is 5.85. The summed E-state index contributed by atoms with van der Waals surface area (Å²) in [6.07, 6.45) is 4.30. The number of hydrogen-bond acceptors (Lipinski definition) is 5. The molecule has 0 saturated heterocycles. The fourth-order valence-corrected chi connectivity index (χ4v) is 3.17. The molecule has 1 amide bonds. The predicted octanol–water partition coefficient (Wildman–Crippen LogP) is 3.37. The van der Waals surface area contributed by atoms with Crippen LogP contribution in [0.15, 0.2) is 24.3 Å². The molecule has 0 aliphatic heterocycles. The lowest BCUT2D eigenvalue weighted by Crippen LogP contribution is -2.34. The van der Waals surface area contributed by atoms with E-state index >= 15 is 0 Å². The second kappa shape index (κ2) is 6.82. The highest BCUT2D eigenvalue weighted by molar-refractivity contribution is 6.02. The van der Waals surface area contributed by atoms with Gasteiger partial charge in [-0.15, -0.1) is 15.2 Å². The molecule has 7 heteroatoms. The summed E-state index contributed by atoms with van der Waals surface area (Å²) >= 11 is 0. The van der Waals surface area contributed by atoms with Gasteiger partial charge < -0.3 is 0 Å². The third-order valence-corrected chi connectivity index (χ3v) is 4.18. The number of rotatable bonds is 5. The lowest BCUT2D eigenvalue weighted by molar-refractivity contribution is -0.758. The van der Waals surface area contributed by atoms with Crippen molar-refractivity contribution in [2.24, 2.45) is 0 Å². The SMILES string of the molecule is CCCC(=O)N(O[N+](=O)[O-])c1c2c(nc3ccccc13)CCCC2. The molecule has 0 atom stereocenters. The minimum atomic E-state index is -0.933. The van der Waals surface area contributed by atoms with Gasteiger partial charge in [-0.3, -0.25) is 9.78 Å². The zero-order valence-electron chi connectivity index (χ0n) is 13.5. The van der Waals surface area contributed by atoms with E-state index in [1.165, 1.54) is 0 Å². The van der Waals surface area contributed by atoms with E-state index in [9.17, 15) is 14.9 Å². The number of fused-ring (bicyclic) bond motifs is 2. The van der Waals surface area contributed by atoms with E-state index in [0.29, 0.717) is 17.5 Å². The first-order valence-corrected chi connectivity index (χ1v) is 8.17. The number of carbonyl (C=O) groups excluding carboxylic acids is 1. The van der Waals surface area contributed by atoms with Crippen LogP contribution in [0.1, 0.15) is 43.9 Å². The van der Waals surface area contributed by atoms with Crippen molar-refractivity contribution in [2.45, 2.75) is 45.4 Å². The number of aromatic nitrogens is 1. The van der Waals surface area contributed by atoms with Crippen molar-refractivity contribution in [3.63, 3.8) is 0 Å². The zero-order valence-corrected chi connectivity index (χ0v) is 13.5. The first-order valence-electron chi connectivity index (χ1n) is 8.17. The van der Waals surface area contributed by atoms with Crippen molar-refractivity contribution in [1.82, 2.24) is 4.98 Å². The Morgan fingerprint density at radius 1 is 1.33 bits per heavy atom. The fourth-order valence-electron chi connectivity index (χ4n) is 3.17. The summed E-state index contributed by atoms with van der Waals surface area (Å²) in [7, 11) is 0. The molecule has 126 valence electrons. The molecular formula is C17H19N3O4. The van der Waals surface area contributed by atoms with Crippen molar-refractivity contribution >= 4 is 22.5 Å². The van der Waals surface area contributed by atoms with Gasteiger partial charge in [-0.05, 0) is 38.2 Å². The summed E-state index contributed by atoms with van der Waals surface area (Å²) in [5.41, 5.74) is 2.97. The number of nitrogens with zero attached hydrogens (tertiary/aromatic N) is 3. The molecule has 1 aliphatic rings. The van der Waals surface area contributed by atoms with Crippen molar-refractivity contribution in [1.29, 1.82) is 0 Å². The largest absolute Gasteiger partial charge is 0.317 e. The molecule has 0 N–H and O–H groups in total. The fraction of sp³-hybridized carbons (Fsp3) is 0.412. The van der Waals surface area contributed by atoms with Gasteiger partial charge in [0, 0.05) is 23.1 Å². The smallest absolute Gasteiger partial charge is 0.272 e. The molecule has 3 rings (SSSR count). The lowest BCUT2D eigenvalue weighted by atomic mass is 9.92. The van der Waals surface area contributed by atoms with Gasteiger partial charge in [0.1, 0.15) is 0 Å². The molecule has 7 nitrogen and oxygen atoms in total.